The molecule has 0 fully saturated rings. The summed E-state index contributed by atoms with van der Waals surface area (Å²) in [7, 11) is 0. The number of anilines is 1. The number of carbonyl (C=O) groups excluding carboxylic acids is 1. The van der Waals surface area contributed by atoms with Gasteiger partial charge in [0, 0.05) is 17.1 Å². The van der Waals surface area contributed by atoms with Gasteiger partial charge in [0.2, 0.25) is 0 Å². The van der Waals surface area contributed by atoms with Crippen LogP contribution in [0.4, 0.5) is 32.4 Å². The van der Waals surface area contributed by atoms with Crippen LogP contribution in [0.15, 0.2) is 53.4 Å². The van der Waals surface area contributed by atoms with Gasteiger partial charge in [0.15, 0.2) is 0 Å². The quantitative estimate of drug-likeness (QED) is 0.523. The molecule has 2 amide bonds. The van der Waals surface area contributed by atoms with E-state index >= 15 is 0 Å². The monoisotopic (exact) mass is 392 g/mol. The second-order valence-corrected chi connectivity index (χ2v) is 6.04. The highest BCUT2D eigenvalue weighted by atomic mass is 32.2. The Bertz CT molecular complexity index is 738. The first kappa shape index (κ1) is 19.8. The third kappa shape index (κ3) is 7.18. The minimum atomic E-state index is -4.42. The zero-order chi connectivity index (χ0) is 19.2. The summed E-state index contributed by atoms with van der Waals surface area (Å²) in [5.41, 5.74) is -3.58. The van der Waals surface area contributed by atoms with E-state index in [9.17, 15) is 26.7 Å². The molecule has 4 nitrogen and oxygen atoms in total. The second kappa shape index (κ2) is 8.75. The highest BCUT2D eigenvalue weighted by Crippen LogP contribution is 2.37. The molecule has 0 aliphatic carbocycles. The molecule has 0 spiro atoms. The highest BCUT2D eigenvalue weighted by molar-refractivity contribution is 8.00. The van der Waals surface area contributed by atoms with Gasteiger partial charge in [-0.15, -0.1) is 0 Å². The maximum Gasteiger partial charge on any atom is 0.446 e. The number of carbonyl (C=O) groups is 1. The van der Waals surface area contributed by atoms with Gasteiger partial charge in [-0.3, -0.25) is 0 Å². The van der Waals surface area contributed by atoms with Crippen molar-refractivity contribution in [2.75, 3.05) is 5.32 Å². The van der Waals surface area contributed by atoms with Gasteiger partial charge in [-0.1, -0.05) is 18.2 Å². The van der Waals surface area contributed by atoms with E-state index in [-0.39, 0.29) is 34.6 Å². The van der Waals surface area contributed by atoms with Crippen LogP contribution in [-0.4, -0.2) is 18.2 Å². The van der Waals surface area contributed by atoms with E-state index in [4.69, 9.17) is 0 Å². The van der Waals surface area contributed by atoms with Crippen LogP contribution in [0.5, 0.6) is 5.75 Å². The molecule has 0 aromatic heterocycles. The lowest BCUT2D eigenvalue weighted by molar-refractivity contribution is -0.0498. The van der Waals surface area contributed by atoms with Gasteiger partial charge < -0.3 is 15.4 Å². The average molecular weight is 392 g/mol. The number of benzene rings is 2. The highest BCUT2D eigenvalue weighted by Gasteiger charge is 2.29. The molecule has 0 radical (unpaired) electrons. The van der Waals surface area contributed by atoms with Crippen LogP contribution >= 0.6 is 11.8 Å². The summed E-state index contributed by atoms with van der Waals surface area (Å²) in [5.74, 6) is -0.00724. The molecule has 0 bridgehead atoms. The Hall–Kier alpha value is -2.49. The van der Waals surface area contributed by atoms with Gasteiger partial charge in [-0.05, 0) is 47.7 Å². The first-order valence-electron chi connectivity index (χ1n) is 7.16. The van der Waals surface area contributed by atoms with Crippen LogP contribution in [0.25, 0.3) is 0 Å². The van der Waals surface area contributed by atoms with Crippen molar-refractivity contribution in [1.82, 2.24) is 5.32 Å². The zero-order valence-corrected chi connectivity index (χ0v) is 13.8. The number of nitrogens with one attached hydrogen (secondary N) is 2. The predicted octanol–water partition coefficient (Wildman–Crippen LogP) is 5.22. The number of alkyl halides is 5. The molecule has 10 heteroatoms. The van der Waals surface area contributed by atoms with E-state index < -0.39 is 18.2 Å². The molecule has 0 saturated heterocycles. The molecule has 0 heterocycles. The largest absolute Gasteiger partial charge is 0.446 e. The zero-order valence-electron chi connectivity index (χ0n) is 13.0. The van der Waals surface area contributed by atoms with Crippen molar-refractivity contribution in [2.45, 2.75) is 23.6 Å². The lowest BCUT2D eigenvalue weighted by Crippen LogP contribution is -2.28. The fourth-order valence-electron chi connectivity index (χ4n) is 1.92. The Morgan fingerprint density at radius 2 is 1.81 bits per heavy atom. The summed E-state index contributed by atoms with van der Waals surface area (Å²) in [6.07, 6.45) is 0. The molecule has 0 atom stereocenters. The molecule has 2 N–H and O–H groups in total. The minimum absolute atomic E-state index is 0.00724. The number of hydrogen-bond donors (Lipinski definition) is 2. The Morgan fingerprint density at radius 3 is 2.42 bits per heavy atom. The Morgan fingerprint density at radius 1 is 1.12 bits per heavy atom. The average Bonchev–Trinajstić information content (AvgIpc) is 2.52. The summed E-state index contributed by atoms with van der Waals surface area (Å²) in [4.78, 5) is 11.8. The van der Waals surface area contributed by atoms with E-state index in [2.05, 4.69) is 15.4 Å². The van der Waals surface area contributed by atoms with E-state index in [1.807, 2.05) is 0 Å². The maximum atomic E-state index is 12.4. The molecule has 0 saturated carbocycles. The molecular formula is C16H13F5N2O2S. The molecule has 0 aliphatic heterocycles. The molecular weight excluding hydrogens is 379 g/mol. The summed E-state index contributed by atoms with van der Waals surface area (Å²) in [5, 5.41) is 4.93. The third-order valence-corrected chi connectivity index (χ3v) is 3.65. The molecule has 2 aromatic rings. The molecule has 2 aromatic carbocycles. The van der Waals surface area contributed by atoms with Crippen molar-refractivity contribution in [1.29, 1.82) is 0 Å². The summed E-state index contributed by atoms with van der Waals surface area (Å²) < 4.78 is 65.4. The van der Waals surface area contributed by atoms with Gasteiger partial charge in [-0.25, -0.2) is 4.79 Å². The predicted molar refractivity (Wildman–Crippen MR) is 87.3 cm³/mol. The number of amides is 2. The second-order valence-electron chi connectivity index (χ2n) is 4.91. The van der Waals surface area contributed by atoms with Gasteiger partial charge in [0.25, 0.3) is 0 Å². The molecule has 26 heavy (non-hydrogen) atoms. The van der Waals surface area contributed by atoms with Crippen molar-refractivity contribution in [3.8, 4) is 5.75 Å². The van der Waals surface area contributed by atoms with E-state index in [1.54, 1.807) is 0 Å². The van der Waals surface area contributed by atoms with Crippen molar-refractivity contribution >= 4 is 23.5 Å². The maximum absolute atomic E-state index is 12.4. The van der Waals surface area contributed by atoms with Gasteiger partial charge in [0.1, 0.15) is 5.75 Å². The van der Waals surface area contributed by atoms with Crippen molar-refractivity contribution < 1.29 is 31.5 Å². The standard InChI is InChI=1S/C16H13F5N2O2S/c17-14(18)25-12-6-4-10(5-7-12)9-22-15(24)23-11-2-1-3-13(8-11)26-16(19,20)21/h1-8,14H,9H2,(H2,22,23,24). The Balaban J connectivity index is 1.86. The van der Waals surface area contributed by atoms with E-state index in [0.29, 0.717) is 5.56 Å². The van der Waals surface area contributed by atoms with Crippen molar-refractivity contribution in [3.63, 3.8) is 0 Å². The summed E-state index contributed by atoms with van der Waals surface area (Å²) in [6.45, 7) is -2.83. The van der Waals surface area contributed by atoms with Gasteiger partial charge in [0.05, 0.1) is 0 Å². The number of halogens is 5. The normalized spacial score (nSPS) is 11.3. The number of hydrogen-bond acceptors (Lipinski definition) is 3. The fourth-order valence-corrected chi connectivity index (χ4v) is 2.52. The van der Waals surface area contributed by atoms with Crippen LogP contribution in [0, 0.1) is 0 Å². The number of rotatable bonds is 6. The van der Waals surface area contributed by atoms with Crippen molar-refractivity contribution in [2.24, 2.45) is 0 Å². The minimum Gasteiger partial charge on any atom is -0.435 e. The van der Waals surface area contributed by atoms with Crippen LogP contribution in [0.2, 0.25) is 0 Å². The van der Waals surface area contributed by atoms with Gasteiger partial charge in [-0.2, -0.15) is 22.0 Å². The van der Waals surface area contributed by atoms with Crippen molar-refractivity contribution in [3.05, 3.63) is 54.1 Å². The molecule has 0 unspecified atom stereocenters. The number of thioether (sulfide) groups is 1. The number of ether oxygens (including phenoxy) is 1. The Kier molecular flexibility index (Phi) is 6.67. The SMILES string of the molecule is O=C(NCc1ccc(OC(F)F)cc1)Nc1cccc(SC(F)(F)F)c1. The fraction of sp³-hybridized carbons (Fsp3) is 0.188. The van der Waals surface area contributed by atoms with E-state index in [1.165, 1.54) is 48.5 Å². The van der Waals surface area contributed by atoms with E-state index in [0.717, 1.165) is 0 Å². The van der Waals surface area contributed by atoms with Gasteiger partial charge >= 0.3 is 18.2 Å². The summed E-state index contributed by atoms with van der Waals surface area (Å²) >= 11 is -0.279. The molecule has 140 valence electrons. The first-order chi connectivity index (χ1) is 12.2. The smallest absolute Gasteiger partial charge is 0.435 e. The Labute approximate surface area is 149 Å². The van der Waals surface area contributed by atoms with Crippen LogP contribution in [0.3, 0.4) is 0 Å². The van der Waals surface area contributed by atoms with Crippen LogP contribution in [-0.2, 0) is 6.54 Å². The lowest BCUT2D eigenvalue weighted by atomic mass is 10.2. The first-order valence-corrected chi connectivity index (χ1v) is 7.97. The molecule has 2 rings (SSSR count). The summed E-state index contributed by atoms with van der Waals surface area (Å²) in [6, 6.07) is 10.4. The van der Waals surface area contributed by atoms with Crippen LogP contribution < -0.4 is 15.4 Å². The lowest BCUT2D eigenvalue weighted by Gasteiger charge is -2.10. The number of urea groups is 1. The van der Waals surface area contributed by atoms with Crippen LogP contribution in [0.1, 0.15) is 5.56 Å². The topological polar surface area (TPSA) is 50.4 Å². The molecule has 0 aliphatic rings. The third-order valence-electron chi connectivity index (χ3n) is 2.93.